The summed E-state index contributed by atoms with van der Waals surface area (Å²) in [5.74, 6) is 0.394. The maximum absolute atomic E-state index is 11.4. The van der Waals surface area contributed by atoms with Crippen LogP contribution in [-0.2, 0) is 0 Å². The molecule has 0 aliphatic carbocycles. The van der Waals surface area contributed by atoms with E-state index in [1.165, 1.54) is 6.26 Å². The molecule has 4 heteroatoms. The fourth-order valence-electron chi connectivity index (χ4n) is 0.892. The van der Waals surface area contributed by atoms with Gasteiger partial charge in [0.2, 0.25) is 0 Å². The highest BCUT2D eigenvalue weighted by Crippen LogP contribution is 2.08. The van der Waals surface area contributed by atoms with E-state index < -0.39 is 0 Å². The number of furan rings is 1. The van der Waals surface area contributed by atoms with Crippen molar-refractivity contribution in [3.05, 3.63) is 35.3 Å². The van der Waals surface area contributed by atoms with Gasteiger partial charge < -0.3 is 9.73 Å². The first kappa shape index (κ1) is 9.86. The van der Waals surface area contributed by atoms with Gasteiger partial charge in [0.15, 0.2) is 0 Å². The third-order valence-corrected chi connectivity index (χ3v) is 1.68. The van der Waals surface area contributed by atoms with Crippen LogP contribution < -0.4 is 5.32 Å². The van der Waals surface area contributed by atoms with Gasteiger partial charge >= 0.3 is 0 Å². The lowest BCUT2D eigenvalue weighted by Gasteiger charge is -2.01. The lowest BCUT2D eigenvalue weighted by atomic mass is 10.2. The first-order valence-corrected chi connectivity index (χ1v) is 4.14. The summed E-state index contributed by atoms with van der Waals surface area (Å²) in [6, 6.07) is 1.61. The zero-order valence-corrected chi connectivity index (χ0v) is 8.02. The van der Waals surface area contributed by atoms with E-state index in [2.05, 4.69) is 11.9 Å². The molecule has 0 aliphatic rings. The van der Waals surface area contributed by atoms with Crippen molar-refractivity contribution in [1.82, 2.24) is 5.32 Å². The highest BCUT2D eigenvalue weighted by atomic mass is 35.5. The van der Waals surface area contributed by atoms with Crippen molar-refractivity contribution < 1.29 is 9.21 Å². The molecule has 1 N–H and O–H groups in total. The summed E-state index contributed by atoms with van der Waals surface area (Å²) in [5, 5.41) is 2.99. The number of amides is 1. The van der Waals surface area contributed by atoms with E-state index in [9.17, 15) is 4.79 Å². The molecular formula is C9H10ClNO2. The van der Waals surface area contributed by atoms with E-state index in [0.717, 1.165) is 0 Å². The Bertz CT molecular complexity index is 330. The second kappa shape index (κ2) is 4.14. The van der Waals surface area contributed by atoms with E-state index in [1.807, 2.05) is 0 Å². The highest BCUT2D eigenvalue weighted by Gasteiger charge is 2.10. The molecule has 1 aromatic rings. The summed E-state index contributed by atoms with van der Waals surface area (Å²) in [6.45, 7) is 5.45. The van der Waals surface area contributed by atoms with E-state index in [1.54, 1.807) is 13.0 Å². The predicted molar refractivity (Wildman–Crippen MR) is 50.8 cm³/mol. The van der Waals surface area contributed by atoms with Crippen molar-refractivity contribution in [2.24, 2.45) is 0 Å². The average Bonchev–Trinajstić information content (AvgIpc) is 2.47. The molecule has 0 saturated heterocycles. The molecule has 0 radical (unpaired) electrons. The van der Waals surface area contributed by atoms with Crippen molar-refractivity contribution in [3.63, 3.8) is 0 Å². The van der Waals surface area contributed by atoms with E-state index in [-0.39, 0.29) is 12.5 Å². The maximum atomic E-state index is 11.4. The van der Waals surface area contributed by atoms with Crippen molar-refractivity contribution in [2.75, 3.05) is 6.54 Å². The summed E-state index contributed by atoms with van der Waals surface area (Å²) in [4.78, 5) is 11.4. The minimum absolute atomic E-state index is 0.201. The summed E-state index contributed by atoms with van der Waals surface area (Å²) in [7, 11) is 0. The predicted octanol–water partition coefficient (Wildman–Crippen LogP) is 2.07. The second-order valence-electron chi connectivity index (χ2n) is 2.59. The zero-order valence-electron chi connectivity index (χ0n) is 7.26. The highest BCUT2D eigenvalue weighted by molar-refractivity contribution is 6.29. The van der Waals surface area contributed by atoms with Gasteiger partial charge in [-0.25, -0.2) is 0 Å². The van der Waals surface area contributed by atoms with Crippen LogP contribution in [0.5, 0.6) is 0 Å². The fraction of sp³-hybridized carbons (Fsp3) is 0.222. The van der Waals surface area contributed by atoms with Crippen LogP contribution in [0.25, 0.3) is 0 Å². The van der Waals surface area contributed by atoms with Crippen LogP contribution in [0.3, 0.4) is 0 Å². The molecule has 3 nitrogen and oxygen atoms in total. The summed E-state index contributed by atoms with van der Waals surface area (Å²) in [6.07, 6.45) is 1.47. The van der Waals surface area contributed by atoms with Crippen molar-refractivity contribution in [3.8, 4) is 0 Å². The Kier molecular flexibility index (Phi) is 3.14. The molecule has 0 spiro atoms. The number of aryl methyl sites for hydroxylation is 1. The van der Waals surface area contributed by atoms with Crippen LogP contribution in [0, 0.1) is 6.92 Å². The Morgan fingerprint density at radius 1 is 1.77 bits per heavy atom. The van der Waals surface area contributed by atoms with Gasteiger partial charge in [-0.15, -0.1) is 0 Å². The Balaban J connectivity index is 2.59. The van der Waals surface area contributed by atoms with Crippen molar-refractivity contribution in [1.29, 1.82) is 0 Å². The topological polar surface area (TPSA) is 42.2 Å². The molecule has 70 valence electrons. The standard InChI is InChI=1S/C9H10ClNO2/c1-6(10)5-11-9(12)8-3-4-13-7(8)2/h3-4H,1,5H2,2H3,(H,11,12). The molecule has 1 aromatic heterocycles. The SMILES string of the molecule is C=C(Cl)CNC(=O)c1ccoc1C. The quantitative estimate of drug-likeness (QED) is 0.810. The lowest BCUT2D eigenvalue weighted by Crippen LogP contribution is -2.24. The van der Waals surface area contributed by atoms with Crippen LogP contribution >= 0.6 is 11.6 Å². The van der Waals surface area contributed by atoms with Crippen LogP contribution in [-0.4, -0.2) is 12.5 Å². The second-order valence-corrected chi connectivity index (χ2v) is 3.12. The molecule has 1 amide bonds. The number of carbonyl (C=O) groups is 1. The Morgan fingerprint density at radius 3 is 2.92 bits per heavy atom. The van der Waals surface area contributed by atoms with E-state index in [4.69, 9.17) is 16.0 Å². The third-order valence-electron chi connectivity index (χ3n) is 1.54. The number of halogens is 1. The first-order valence-electron chi connectivity index (χ1n) is 3.77. The van der Waals surface area contributed by atoms with Gasteiger partial charge in [0.25, 0.3) is 5.91 Å². The van der Waals surface area contributed by atoms with E-state index >= 15 is 0 Å². The molecule has 1 rings (SSSR count). The van der Waals surface area contributed by atoms with E-state index in [0.29, 0.717) is 16.4 Å². The molecular weight excluding hydrogens is 190 g/mol. The van der Waals surface area contributed by atoms with Crippen molar-refractivity contribution in [2.45, 2.75) is 6.92 Å². The van der Waals surface area contributed by atoms with Gasteiger partial charge in [-0.1, -0.05) is 18.2 Å². The van der Waals surface area contributed by atoms with Gasteiger partial charge in [0.05, 0.1) is 18.4 Å². The third kappa shape index (κ3) is 2.63. The summed E-state index contributed by atoms with van der Waals surface area (Å²) >= 11 is 5.49. The smallest absolute Gasteiger partial charge is 0.255 e. The fourth-order valence-corrected chi connectivity index (χ4v) is 0.959. The van der Waals surface area contributed by atoms with Crippen molar-refractivity contribution >= 4 is 17.5 Å². The largest absolute Gasteiger partial charge is 0.469 e. The van der Waals surface area contributed by atoms with Gasteiger partial charge in [-0.3, -0.25) is 4.79 Å². The van der Waals surface area contributed by atoms with Gasteiger partial charge in [-0.05, 0) is 13.0 Å². The van der Waals surface area contributed by atoms with Crippen LogP contribution in [0.2, 0.25) is 0 Å². The van der Waals surface area contributed by atoms with Gasteiger partial charge in [-0.2, -0.15) is 0 Å². The Hall–Kier alpha value is -1.22. The number of hydrogen-bond acceptors (Lipinski definition) is 2. The minimum Gasteiger partial charge on any atom is -0.469 e. The summed E-state index contributed by atoms with van der Waals surface area (Å²) in [5.41, 5.74) is 0.526. The Labute approximate surface area is 81.4 Å². The average molecular weight is 200 g/mol. The van der Waals surface area contributed by atoms with Crippen LogP contribution in [0.15, 0.2) is 28.4 Å². The normalized spacial score (nSPS) is 9.69. The zero-order chi connectivity index (χ0) is 9.84. The van der Waals surface area contributed by atoms with Crippen LogP contribution in [0.4, 0.5) is 0 Å². The number of carbonyl (C=O) groups excluding carboxylic acids is 1. The molecule has 1 heterocycles. The number of hydrogen-bond donors (Lipinski definition) is 1. The molecule has 0 fully saturated rings. The molecule has 0 bridgehead atoms. The molecule has 0 aliphatic heterocycles. The molecule has 0 atom stereocenters. The monoisotopic (exact) mass is 199 g/mol. The maximum Gasteiger partial charge on any atom is 0.255 e. The van der Waals surface area contributed by atoms with Gasteiger partial charge in [0, 0.05) is 5.03 Å². The first-order chi connectivity index (χ1) is 6.11. The summed E-state index contributed by atoms with van der Waals surface area (Å²) < 4.78 is 4.98. The van der Waals surface area contributed by atoms with Gasteiger partial charge in [0.1, 0.15) is 5.76 Å². The lowest BCUT2D eigenvalue weighted by molar-refractivity contribution is 0.0956. The number of nitrogens with one attached hydrogen (secondary N) is 1. The minimum atomic E-state index is -0.201. The number of rotatable bonds is 3. The Morgan fingerprint density at radius 2 is 2.46 bits per heavy atom. The molecule has 0 unspecified atom stereocenters. The van der Waals surface area contributed by atoms with Crippen LogP contribution in [0.1, 0.15) is 16.1 Å². The molecule has 13 heavy (non-hydrogen) atoms. The molecule has 0 aromatic carbocycles. The molecule has 0 saturated carbocycles.